The highest BCUT2D eigenvalue weighted by atomic mass is 32.2. The van der Waals surface area contributed by atoms with Crippen molar-refractivity contribution in [2.45, 2.75) is 56.9 Å². The molecular formula is C24H28N2OS. The largest absolute Gasteiger partial charge is 0.353 e. The Balaban J connectivity index is 1.59. The summed E-state index contributed by atoms with van der Waals surface area (Å²) in [5, 5.41) is 5.04. The number of hydrogen-bond donors (Lipinski definition) is 1. The molecule has 0 bridgehead atoms. The fraction of sp³-hybridized carbons (Fsp3) is 0.333. The molecule has 3 aromatic rings. The van der Waals surface area contributed by atoms with Gasteiger partial charge in [0.05, 0.1) is 15.8 Å². The summed E-state index contributed by atoms with van der Waals surface area (Å²) in [6.07, 6.45) is 1.90. The first-order chi connectivity index (χ1) is 13.4. The number of carbonyl (C=O) groups is 1. The number of hydrogen-bond acceptors (Lipinski definition) is 3. The highest BCUT2D eigenvalue weighted by Gasteiger charge is 2.18. The van der Waals surface area contributed by atoms with Crippen LogP contribution in [-0.4, -0.2) is 22.2 Å². The van der Waals surface area contributed by atoms with Gasteiger partial charge in [-0.3, -0.25) is 4.79 Å². The zero-order valence-corrected chi connectivity index (χ0v) is 17.8. The normalized spacial score (nSPS) is 13.3. The van der Waals surface area contributed by atoms with Crippen LogP contribution in [-0.2, 0) is 11.2 Å². The van der Waals surface area contributed by atoms with Gasteiger partial charge in [-0.05, 0) is 63.3 Å². The molecule has 0 aliphatic carbocycles. The number of thioether (sulfide) groups is 1. The molecule has 2 aromatic carbocycles. The van der Waals surface area contributed by atoms with E-state index in [4.69, 9.17) is 4.98 Å². The van der Waals surface area contributed by atoms with Gasteiger partial charge in [0.2, 0.25) is 5.91 Å². The topological polar surface area (TPSA) is 42.0 Å². The van der Waals surface area contributed by atoms with Crippen molar-refractivity contribution in [1.82, 2.24) is 10.3 Å². The van der Waals surface area contributed by atoms with Gasteiger partial charge in [0.25, 0.3) is 0 Å². The Morgan fingerprint density at radius 1 is 1.04 bits per heavy atom. The lowest BCUT2D eigenvalue weighted by atomic mass is 10.1. The Morgan fingerprint density at radius 2 is 1.79 bits per heavy atom. The number of para-hydroxylation sites is 1. The van der Waals surface area contributed by atoms with Crippen LogP contribution < -0.4 is 5.32 Å². The highest BCUT2D eigenvalue weighted by molar-refractivity contribution is 8.00. The number of amides is 1. The Morgan fingerprint density at radius 3 is 2.54 bits per heavy atom. The van der Waals surface area contributed by atoms with Crippen molar-refractivity contribution >= 4 is 28.6 Å². The number of carbonyl (C=O) groups excluding carboxylic acids is 1. The van der Waals surface area contributed by atoms with Crippen molar-refractivity contribution in [2.75, 3.05) is 0 Å². The molecule has 0 radical (unpaired) electrons. The van der Waals surface area contributed by atoms with E-state index in [0.717, 1.165) is 28.9 Å². The summed E-state index contributed by atoms with van der Waals surface area (Å²) in [4.78, 5) is 17.4. The Bertz CT molecular complexity index is 955. The van der Waals surface area contributed by atoms with Gasteiger partial charge in [-0.25, -0.2) is 4.98 Å². The van der Waals surface area contributed by atoms with E-state index in [1.165, 1.54) is 28.3 Å². The van der Waals surface area contributed by atoms with Crippen LogP contribution in [0.25, 0.3) is 10.9 Å². The van der Waals surface area contributed by atoms with Crippen LogP contribution in [0.1, 0.15) is 37.0 Å². The van der Waals surface area contributed by atoms with E-state index in [1.807, 2.05) is 13.0 Å². The van der Waals surface area contributed by atoms with Crippen molar-refractivity contribution in [3.63, 3.8) is 0 Å². The molecule has 1 heterocycles. The Hall–Kier alpha value is -2.33. The second-order valence-electron chi connectivity index (χ2n) is 7.44. The summed E-state index contributed by atoms with van der Waals surface area (Å²) < 4.78 is 0. The fourth-order valence-corrected chi connectivity index (χ4v) is 4.21. The molecule has 1 amide bonds. The van der Waals surface area contributed by atoms with E-state index in [-0.39, 0.29) is 17.2 Å². The molecule has 3 nitrogen and oxygen atoms in total. The van der Waals surface area contributed by atoms with Crippen LogP contribution in [0.2, 0.25) is 0 Å². The van der Waals surface area contributed by atoms with Crippen LogP contribution in [0.3, 0.4) is 0 Å². The number of nitrogens with one attached hydrogen (secondary N) is 1. The maximum atomic E-state index is 12.6. The van der Waals surface area contributed by atoms with Gasteiger partial charge in [0, 0.05) is 11.4 Å². The molecule has 0 aliphatic rings. The molecule has 0 saturated carbocycles. The second-order valence-corrected chi connectivity index (χ2v) is 8.80. The smallest absolute Gasteiger partial charge is 0.233 e. The number of nitrogens with zero attached hydrogens (tertiary/aromatic N) is 1. The molecule has 1 aromatic heterocycles. The predicted octanol–water partition coefficient (Wildman–Crippen LogP) is 5.47. The summed E-state index contributed by atoms with van der Waals surface area (Å²) >= 11 is 1.52. The molecule has 3 rings (SSSR count). The first kappa shape index (κ1) is 20.4. The molecular weight excluding hydrogens is 364 g/mol. The summed E-state index contributed by atoms with van der Waals surface area (Å²) in [5.74, 6) is 0.0647. The van der Waals surface area contributed by atoms with Crippen molar-refractivity contribution in [3.05, 3.63) is 71.3 Å². The maximum absolute atomic E-state index is 12.6. The number of rotatable bonds is 7. The van der Waals surface area contributed by atoms with Crippen LogP contribution >= 0.6 is 11.8 Å². The third kappa shape index (κ3) is 5.14. The Labute approximate surface area is 172 Å². The maximum Gasteiger partial charge on any atom is 0.233 e. The average Bonchev–Trinajstić information content (AvgIpc) is 2.68. The quantitative estimate of drug-likeness (QED) is 0.542. The second kappa shape index (κ2) is 9.24. The average molecular weight is 393 g/mol. The van der Waals surface area contributed by atoms with Gasteiger partial charge in [0.1, 0.15) is 0 Å². The number of fused-ring (bicyclic) bond motifs is 1. The fourth-order valence-electron chi connectivity index (χ4n) is 3.29. The molecule has 28 heavy (non-hydrogen) atoms. The minimum absolute atomic E-state index is 0.0647. The van der Waals surface area contributed by atoms with Gasteiger partial charge in [-0.15, -0.1) is 0 Å². The standard InChI is InChI=1S/C24H28N2OS/c1-16-9-8-12-21-17(2)15-22(26-23(16)21)28-19(4)24(27)25-18(3)13-14-20-10-6-5-7-11-20/h5-12,15,18-19H,13-14H2,1-4H3,(H,25,27)/t18-,19+/m0/s1. The van der Waals surface area contributed by atoms with E-state index in [9.17, 15) is 4.79 Å². The van der Waals surface area contributed by atoms with Crippen LogP contribution in [0.5, 0.6) is 0 Å². The van der Waals surface area contributed by atoms with Gasteiger partial charge in [-0.2, -0.15) is 0 Å². The lowest BCUT2D eigenvalue weighted by Gasteiger charge is -2.18. The first-order valence-corrected chi connectivity index (χ1v) is 10.7. The zero-order chi connectivity index (χ0) is 20.1. The van der Waals surface area contributed by atoms with Crippen molar-refractivity contribution < 1.29 is 4.79 Å². The van der Waals surface area contributed by atoms with Crippen LogP contribution in [0.15, 0.2) is 59.6 Å². The zero-order valence-electron chi connectivity index (χ0n) is 17.0. The van der Waals surface area contributed by atoms with Crippen molar-refractivity contribution in [1.29, 1.82) is 0 Å². The SMILES string of the molecule is Cc1cc(S[C@H](C)C(=O)N[C@@H](C)CCc2ccccc2)nc2c(C)cccc12. The van der Waals surface area contributed by atoms with E-state index < -0.39 is 0 Å². The van der Waals surface area contributed by atoms with Crippen LogP contribution in [0.4, 0.5) is 0 Å². The van der Waals surface area contributed by atoms with E-state index in [0.29, 0.717) is 0 Å². The lowest BCUT2D eigenvalue weighted by Crippen LogP contribution is -2.37. The molecule has 146 valence electrons. The molecule has 0 aliphatic heterocycles. The minimum atomic E-state index is -0.187. The predicted molar refractivity (Wildman–Crippen MR) is 119 cm³/mol. The van der Waals surface area contributed by atoms with Gasteiger partial charge in [-0.1, -0.05) is 60.3 Å². The first-order valence-electron chi connectivity index (χ1n) is 9.82. The van der Waals surface area contributed by atoms with Crippen LogP contribution in [0, 0.1) is 13.8 Å². The minimum Gasteiger partial charge on any atom is -0.353 e. The Kier molecular flexibility index (Phi) is 6.74. The molecule has 0 saturated heterocycles. The van der Waals surface area contributed by atoms with Gasteiger partial charge < -0.3 is 5.32 Å². The number of aryl methyl sites for hydroxylation is 3. The van der Waals surface area contributed by atoms with Crippen molar-refractivity contribution in [3.8, 4) is 0 Å². The number of aromatic nitrogens is 1. The van der Waals surface area contributed by atoms with Crippen molar-refractivity contribution in [2.24, 2.45) is 0 Å². The van der Waals surface area contributed by atoms with Gasteiger partial charge >= 0.3 is 0 Å². The summed E-state index contributed by atoms with van der Waals surface area (Å²) in [7, 11) is 0. The molecule has 0 spiro atoms. The molecule has 1 N–H and O–H groups in total. The molecule has 2 atom stereocenters. The summed E-state index contributed by atoms with van der Waals surface area (Å²) in [6.45, 7) is 8.20. The number of pyridine rings is 1. The third-order valence-corrected chi connectivity index (χ3v) is 6.01. The third-order valence-electron chi connectivity index (χ3n) is 4.99. The monoisotopic (exact) mass is 392 g/mol. The van der Waals surface area contributed by atoms with E-state index >= 15 is 0 Å². The van der Waals surface area contributed by atoms with E-state index in [1.54, 1.807) is 0 Å². The summed E-state index contributed by atoms with van der Waals surface area (Å²) in [5.41, 5.74) is 4.68. The lowest BCUT2D eigenvalue weighted by molar-refractivity contribution is -0.120. The molecule has 0 unspecified atom stereocenters. The number of benzene rings is 2. The van der Waals surface area contributed by atoms with E-state index in [2.05, 4.69) is 74.6 Å². The summed E-state index contributed by atoms with van der Waals surface area (Å²) in [6, 6.07) is 18.8. The molecule has 0 fully saturated rings. The molecule has 4 heteroatoms. The van der Waals surface area contributed by atoms with Gasteiger partial charge in [0.15, 0.2) is 0 Å². The highest BCUT2D eigenvalue weighted by Crippen LogP contribution is 2.28.